The zero-order valence-corrected chi connectivity index (χ0v) is 20.3. The number of rotatable bonds is 4. The fourth-order valence-corrected chi connectivity index (χ4v) is 4.96. The third kappa shape index (κ3) is 4.35. The minimum atomic E-state index is -0.0798. The third-order valence-corrected chi connectivity index (χ3v) is 6.38. The van der Waals surface area contributed by atoms with Crippen LogP contribution in [0.1, 0.15) is 44.3 Å². The number of nitrogens with one attached hydrogen (secondary N) is 1. The molecule has 2 atom stereocenters. The number of aryl methyl sites for hydroxylation is 2. The quantitative estimate of drug-likeness (QED) is 0.759. The molecule has 176 valence electrons. The summed E-state index contributed by atoms with van der Waals surface area (Å²) in [5.74, 6) is -0.0798. The molecule has 5 rings (SSSR count). The second-order valence-corrected chi connectivity index (χ2v) is 9.46. The molecule has 0 aliphatic carbocycles. The van der Waals surface area contributed by atoms with Gasteiger partial charge in [-0.2, -0.15) is 5.10 Å². The number of aromatic nitrogens is 3. The molecule has 2 aromatic heterocycles. The van der Waals surface area contributed by atoms with E-state index in [0.717, 1.165) is 65.5 Å². The van der Waals surface area contributed by atoms with E-state index in [9.17, 15) is 4.79 Å². The van der Waals surface area contributed by atoms with Crippen LogP contribution in [0.5, 0.6) is 0 Å². The summed E-state index contributed by atoms with van der Waals surface area (Å²) in [5.41, 5.74) is 6.45. The van der Waals surface area contributed by atoms with E-state index in [-0.39, 0.29) is 5.91 Å². The van der Waals surface area contributed by atoms with Gasteiger partial charge in [0.15, 0.2) is 0 Å². The van der Waals surface area contributed by atoms with Crippen molar-refractivity contribution in [3.05, 3.63) is 83.4 Å². The maximum atomic E-state index is 13.4. The van der Waals surface area contributed by atoms with Crippen molar-refractivity contribution < 1.29 is 4.79 Å². The molecule has 0 aromatic carbocycles. The Kier molecular flexibility index (Phi) is 5.96. The molecule has 2 aromatic rings. The minimum absolute atomic E-state index is 0.0798. The van der Waals surface area contributed by atoms with Crippen molar-refractivity contribution in [2.45, 2.75) is 52.6 Å². The van der Waals surface area contributed by atoms with Crippen LogP contribution >= 0.6 is 0 Å². The van der Waals surface area contributed by atoms with Crippen LogP contribution in [0.2, 0.25) is 0 Å². The van der Waals surface area contributed by atoms with Crippen molar-refractivity contribution in [3.63, 3.8) is 0 Å². The number of amides is 1. The van der Waals surface area contributed by atoms with Gasteiger partial charge in [0.25, 0.3) is 5.91 Å². The number of carbonyl (C=O) groups is 1. The Labute approximate surface area is 200 Å². The van der Waals surface area contributed by atoms with Crippen molar-refractivity contribution >= 4 is 17.0 Å². The molecular weight excluding hydrogens is 424 g/mol. The second-order valence-electron chi connectivity index (χ2n) is 9.46. The van der Waals surface area contributed by atoms with Gasteiger partial charge in [-0.1, -0.05) is 25.5 Å². The molecule has 1 N–H and O–H groups in total. The van der Waals surface area contributed by atoms with Gasteiger partial charge in [0.2, 0.25) is 0 Å². The molecule has 5 heterocycles. The Morgan fingerprint density at radius 1 is 1.12 bits per heavy atom. The summed E-state index contributed by atoms with van der Waals surface area (Å²) < 4.78 is 1.89. The van der Waals surface area contributed by atoms with E-state index in [1.807, 2.05) is 54.2 Å². The van der Waals surface area contributed by atoms with Gasteiger partial charge in [-0.3, -0.25) is 14.7 Å². The first kappa shape index (κ1) is 22.3. The van der Waals surface area contributed by atoms with Crippen LogP contribution < -0.4 is 5.32 Å². The van der Waals surface area contributed by atoms with Crippen LogP contribution in [0.4, 0.5) is 0 Å². The molecule has 0 unspecified atom stereocenters. The first-order valence-corrected chi connectivity index (χ1v) is 12.1. The number of allylic oxidation sites excluding steroid dienone is 6. The Morgan fingerprint density at radius 2 is 1.88 bits per heavy atom. The number of carbonyl (C=O) groups excluding carboxylic acids is 1. The van der Waals surface area contributed by atoms with Gasteiger partial charge in [-0.05, 0) is 51.5 Å². The van der Waals surface area contributed by atoms with E-state index in [4.69, 9.17) is 10.1 Å². The number of fused-ring (bicyclic) bond motifs is 2. The largest absolute Gasteiger partial charge is 0.367 e. The minimum Gasteiger partial charge on any atom is -0.367 e. The van der Waals surface area contributed by atoms with Crippen molar-refractivity contribution in [1.29, 1.82) is 0 Å². The topological polar surface area (TPSA) is 65.8 Å². The monoisotopic (exact) mass is 456 g/mol. The standard InChI is InChI=1S/C27H32N6O/c1-5-7-24-26-13-25(30-33(26)16-20(4)29-24)21-8-6-9-22-10-11-23(17-32(22)27(34)12-21)31-14-18(2)28-19(3)15-31/h6,8-13,16-19,28H,5,7,14-15H2,1-4H3/b8-6?,21-12?,22-9+/t18-,19+. The maximum absolute atomic E-state index is 13.4. The number of hydrogen-bond donors (Lipinski definition) is 1. The Hall–Kier alpha value is -3.45. The van der Waals surface area contributed by atoms with E-state index < -0.39 is 0 Å². The highest BCUT2D eigenvalue weighted by Gasteiger charge is 2.25. The summed E-state index contributed by atoms with van der Waals surface area (Å²) in [6, 6.07) is 2.84. The molecule has 1 amide bonds. The van der Waals surface area contributed by atoms with Gasteiger partial charge < -0.3 is 10.2 Å². The normalized spacial score (nSPS) is 24.4. The summed E-state index contributed by atoms with van der Waals surface area (Å²) in [7, 11) is 0. The van der Waals surface area contributed by atoms with Crippen molar-refractivity contribution in [2.75, 3.05) is 13.1 Å². The van der Waals surface area contributed by atoms with E-state index in [2.05, 4.69) is 37.1 Å². The molecule has 0 radical (unpaired) electrons. The van der Waals surface area contributed by atoms with Crippen LogP contribution in [0.3, 0.4) is 0 Å². The maximum Gasteiger partial charge on any atom is 0.255 e. The summed E-state index contributed by atoms with van der Waals surface area (Å²) in [6.07, 6.45) is 17.5. The highest BCUT2D eigenvalue weighted by atomic mass is 16.2. The Morgan fingerprint density at radius 3 is 2.65 bits per heavy atom. The fraction of sp³-hybridized carbons (Fsp3) is 0.370. The molecule has 0 spiro atoms. The van der Waals surface area contributed by atoms with Gasteiger partial charge in [-0.15, -0.1) is 0 Å². The lowest BCUT2D eigenvalue weighted by Crippen LogP contribution is -2.53. The van der Waals surface area contributed by atoms with E-state index in [0.29, 0.717) is 12.1 Å². The van der Waals surface area contributed by atoms with Crippen molar-refractivity contribution in [2.24, 2.45) is 0 Å². The number of hydrogen-bond acceptors (Lipinski definition) is 5. The predicted octanol–water partition coefficient (Wildman–Crippen LogP) is 3.75. The van der Waals surface area contributed by atoms with Crippen molar-refractivity contribution in [3.8, 4) is 0 Å². The lowest BCUT2D eigenvalue weighted by Gasteiger charge is -2.39. The summed E-state index contributed by atoms with van der Waals surface area (Å²) in [4.78, 5) is 22.2. The van der Waals surface area contributed by atoms with Gasteiger partial charge in [0.1, 0.15) is 0 Å². The van der Waals surface area contributed by atoms with Crippen LogP contribution in [-0.4, -0.2) is 55.5 Å². The zero-order chi connectivity index (χ0) is 23.8. The summed E-state index contributed by atoms with van der Waals surface area (Å²) in [5, 5.41) is 8.34. The van der Waals surface area contributed by atoms with Crippen LogP contribution in [0.25, 0.3) is 11.1 Å². The molecule has 0 saturated carbocycles. The molecule has 7 nitrogen and oxygen atoms in total. The second kappa shape index (κ2) is 9.06. The van der Waals surface area contributed by atoms with E-state index in [1.54, 1.807) is 11.0 Å². The molecular formula is C27H32N6O. The Bertz CT molecular complexity index is 1270. The average molecular weight is 457 g/mol. The van der Waals surface area contributed by atoms with Crippen LogP contribution in [0.15, 0.2) is 66.3 Å². The summed E-state index contributed by atoms with van der Waals surface area (Å²) in [6.45, 7) is 10.4. The Balaban J connectivity index is 1.48. The number of piperazine rings is 1. The fourth-order valence-electron chi connectivity index (χ4n) is 4.96. The first-order valence-electron chi connectivity index (χ1n) is 12.1. The number of nitrogens with zero attached hydrogens (tertiary/aromatic N) is 5. The highest BCUT2D eigenvalue weighted by Crippen LogP contribution is 2.26. The van der Waals surface area contributed by atoms with E-state index >= 15 is 0 Å². The SMILES string of the molecule is CCCc1nc(C)cn2nc(C3=CC(=O)N4C=C(N5C[C@@H](C)N[C@@H](C)C5)C=C/C4=C\C=C3)cc12. The van der Waals surface area contributed by atoms with Crippen LogP contribution in [0, 0.1) is 6.92 Å². The molecule has 3 aliphatic heterocycles. The lowest BCUT2D eigenvalue weighted by molar-refractivity contribution is -0.122. The van der Waals surface area contributed by atoms with Gasteiger partial charge in [0.05, 0.1) is 34.5 Å². The zero-order valence-electron chi connectivity index (χ0n) is 20.3. The lowest BCUT2D eigenvalue weighted by atomic mass is 10.1. The smallest absolute Gasteiger partial charge is 0.255 e. The van der Waals surface area contributed by atoms with Crippen LogP contribution in [-0.2, 0) is 11.2 Å². The third-order valence-electron chi connectivity index (χ3n) is 6.38. The van der Waals surface area contributed by atoms with Crippen molar-refractivity contribution in [1.82, 2.24) is 29.7 Å². The molecule has 3 aliphatic rings. The molecule has 0 bridgehead atoms. The van der Waals surface area contributed by atoms with E-state index in [1.165, 1.54) is 0 Å². The van der Waals surface area contributed by atoms with Gasteiger partial charge in [-0.25, -0.2) is 4.52 Å². The molecule has 7 heteroatoms. The molecule has 1 fully saturated rings. The molecule has 34 heavy (non-hydrogen) atoms. The average Bonchev–Trinajstić information content (AvgIpc) is 3.20. The van der Waals surface area contributed by atoms with Gasteiger partial charge in [0, 0.05) is 48.7 Å². The molecule has 1 saturated heterocycles. The highest BCUT2D eigenvalue weighted by molar-refractivity contribution is 5.99. The summed E-state index contributed by atoms with van der Waals surface area (Å²) >= 11 is 0. The van der Waals surface area contributed by atoms with Gasteiger partial charge >= 0.3 is 0 Å². The predicted molar refractivity (Wildman–Crippen MR) is 135 cm³/mol. The first-order chi connectivity index (χ1) is 16.4.